The van der Waals surface area contributed by atoms with E-state index in [9.17, 15) is 5.11 Å². The van der Waals surface area contributed by atoms with Gasteiger partial charge in [-0.3, -0.25) is 0 Å². The second-order valence-corrected chi connectivity index (χ2v) is 13.7. The van der Waals surface area contributed by atoms with E-state index in [0.717, 1.165) is 17.7 Å². The normalized spacial score (nSPS) is 17.4. The maximum absolute atomic E-state index is 10.4. The lowest BCUT2D eigenvalue weighted by molar-refractivity contribution is 0.154. The second kappa shape index (κ2) is 9.09. The van der Waals surface area contributed by atoms with E-state index in [-0.39, 0.29) is 11.1 Å². The average molecular weight is 433 g/mol. The molecule has 4 rings (SSSR count). The van der Waals surface area contributed by atoms with Crippen molar-refractivity contribution in [1.29, 1.82) is 0 Å². The molecule has 2 atom stereocenters. The van der Waals surface area contributed by atoms with Gasteiger partial charge in [0.1, 0.15) is 0 Å². The van der Waals surface area contributed by atoms with Gasteiger partial charge in [-0.15, -0.1) is 0 Å². The molecular weight excluding hydrogens is 400 g/mol. The lowest BCUT2D eigenvalue weighted by Gasteiger charge is -2.43. The molecule has 162 valence electrons. The molecule has 1 saturated heterocycles. The van der Waals surface area contributed by atoms with Crippen LogP contribution in [0.15, 0.2) is 84.9 Å². The van der Waals surface area contributed by atoms with Gasteiger partial charge in [0.2, 0.25) is 0 Å². The highest BCUT2D eigenvalue weighted by Crippen LogP contribution is 2.37. The van der Waals surface area contributed by atoms with Gasteiger partial charge in [0, 0.05) is 6.42 Å². The minimum atomic E-state index is -2.55. The van der Waals surface area contributed by atoms with Crippen molar-refractivity contribution in [3.05, 3.63) is 96.1 Å². The number of rotatable bonds is 8. The first-order valence-corrected chi connectivity index (χ1v) is 12.9. The largest absolute Gasteiger partial charge is 0.403 e. The maximum Gasteiger partial charge on any atom is 0.261 e. The monoisotopic (exact) mass is 432 g/mol. The molecule has 4 heteroatoms. The Balaban J connectivity index is 1.62. The fourth-order valence-electron chi connectivity index (χ4n) is 4.38. The Morgan fingerprint density at radius 2 is 1.42 bits per heavy atom. The van der Waals surface area contributed by atoms with Crippen LogP contribution in [-0.4, -0.2) is 26.1 Å². The van der Waals surface area contributed by atoms with Crippen LogP contribution in [-0.2, 0) is 15.8 Å². The maximum atomic E-state index is 10.4. The van der Waals surface area contributed by atoms with Crippen LogP contribution in [0.2, 0.25) is 5.04 Å². The van der Waals surface area contributed by atoms with Gasteiger partial charge in [-0.2, -0.15) is 0 Å². The lowest BCUT2D eigenvalue weighted by Crippen LogP contribution is -2.66. The van der Waals surface area contributed by atoms with E-state index >= 15 is 0 Å². The van der Waals surface area contributed by atoms with Crippen LogP contribution in [0.4, 0.5) is 0 Å². The number of aliphatic hydroxyl groups is 1. The summed E-state index contributed by atoms with van der Waals surface area (Å²) in [4.78, 5) is 0. The Morgan fingerprint density at radius 1 is 0.903 bits per heavy atom. The lowest BCUT2D eigenvalue weighted by atomic mass is 10.0. The van der Waals surface area contributed by atoms with E-state index in [2.05, 4.69) is 93.6 Å². The first-order chi connectivity index (χ1) is 14.9. The van der Waals surface area contributed by atoms with Crippen molar-refractivity contribution in [2.75, 3.05) is 6.61 Å². The highest BCUT2D eigenvalue weighted by Gasteiger charge is 2.50. The Bertz CT molecular complexity index is 921. The molecule has 3 nitrogen and oxygen atoms in total. The zero-order valence-electron chi connectivity index (χ0n) is 18.6. The summed E-state index contributed by atoms with van der Waals surface area (Å²) in [6, 6.07) is 29.6. The molecule has 0 amide bonds. The number of hydrogen-bond acceptors (Lipinski definition) is 3. The molecule has 1 fully saturated rings. The first-order valence-electron chi connectivity index (χ1n) is 11.0. The Hall–Kier alpha value is -2.24. The van der Waals surface area contributed by atoms with E-state index in [1.54, 1.807) is 0 Å². The molecule has 0 saturated carbocycles. The van der Waals surface area contributed by atoms with E-state index in [1.807, 2.05) is 12.1 Å². The smallest absolute Gasteiger partial charge is 0.261 e. The molecular formula is C27H32O3Si. The van der Waals surface area contributed by atoms with Crippen LogP contribution >= 0.6 is 0 Å². The molecule has 0 aromatic heterocycles. The number of aliphatic hydroxyl groups excluding tert-OH is 1. The summed E-state index contributed by atoms with van der Waals surface area (Å²) < 4.78 is 12.2. The summed E-state index contributed by atoms with van der Waals surface area (Å²) in [6.45, 7) is 8.17. The fraction of sp³-hybridized carbons (Fsp3) is 0.333. The Morgan fingerprint density at radius 3 is 1.87 bits per heavy atom. The molecule has 0 bridgehead atoms. The van der Waals surface area contributed by atoms with Gasteiger partial charge in [-0.25, -0.2) is 0 Å². The molecule has 1 heterocycles. The summed E-state index contributed by atoms with van der Waals surface area (Å²) in [5.74, 6) is 0. The topological polar surface area (TPSA) is 42.0 Å². The molecule has 1 aliphatic rings. The van der Waals surface area contributed by atoms with Crippen LogP contribution in [0.25, 0.3) is 0 Å². The molecule has 31 heavy (non-hydrogen) atoms. The van der Waals surface area contributed by atoms with E-state index in [0.29, 0.717) is 13.0 Å². The molecule has 0 spiro atoms. The SMILES string of the molecule is CC(C)(C)[Si](OCc1ccc([C@@H](O)C[C@@H]2CO2)cc1)(c1ccccc1)c1ccccc1. The molecule has 1 N–H and O–H groups in total. The fourth-order valence-corrected chi connectivity index (χ4v) is 8.92. The van der Waals surface area contributed by atoms with Gasteiger partial charge in [0.05, 0.1) is 25.4 Å². The van der Waals surface area contributed by atoms with Crippen molar-refractivity contribution in [3.8, 4) is 0 Å². The quantitative estimate of drug-likeness (QED) is 0.418. The Labute approximate surface area is 186 Å². The van der Waals surface area contributed by atoms with Crippen LogP contribution in [0, 0.1) is 0 Å². The van der Waals surface area contributed by atoms with Gasteiger partial charge in [-0.1, -0.05) is 106 Å². The third-order valence-electron chi connectivity index (χ3n) is 6.13. The minimum absolute atomic E-state index is 0.0455. The van der Waals surface area contributed by atoms with E-state index < -0.39 is 14.4 Å². The predicted octanol–water partition coefficient (Wildman–Crippen LogP) is 4.59. The van der Waals surface area contributed by atoms with Crippen molar-refractivity contribution in [1.82, 2.24) is 0 Å². The van der Waals surface area contributed by atoms with Crippen molar-refractivity contribution >= 4 is 18.7 Å². The van der Waals surface area contributed by atoms with Gasteiger partial charge < -0.3 is 14.3 Å². The molecule has 0 aliphatic carbocycles. The van der Waals surface area contributed by atoms with Gasteiger partial charge in [0.15, 0.2) is 0 Å². The van der Waals surface area contributed by atoms with Crippen LogP contribution in [0.5, 0.6) is 0 Å². The summed E-state index contributed by atoms with van der Waals surface area (Å²) >= 11 is 0. The number of ether oxygens (including phenoxy) is 1. The zero-order chi connectivity index (χ0) is 21.9. The zero-order valence-corrected chi connectivity index (χ0v) is 19.6. The van der Waals surface area contributed by atoms with Crippen LogP contribution in [0.3, 0.4) is 0 Å². The molecule has 3 aromatic rings. The van der Waals surface area contributed by atoms with Crippen molar-refractivity contribution in [2.24, 2.45) is 0 Å². The number of epoxide rings is 1. The first kappa shape index (κ1) is 22.0. The molecule has 0 radical (unpaired) electrons. The van der Waals surface area contributed by atoms with Crippen molar-refractivity contribution in [3.63, 3.8) is 0 Å². The molecule has 1 aliphatic heterocycles. The summed E-state index contributed by atoms with van der Waals surface area (Å²) in [5, 5.41) is 12.9. The second-order valence-electron chi connectivity index (χ2n) is 9.40. The van der Waals surface area contributed by atoms with Crippen LogP contribution in [0.1, 0.15) is 44.4 Å². The van der Waals surface area contributed by atoms with Crippen LogP contribution < -0.4 is 10.4 Å². The predicted molar refractivity (Wildman–Crippen MR) is 128 cm³/mol. The van der Waals surface area contributed by atoms with E-state index in [4.69, 9.17) is 9.16 Å². The number of hydrogen-bond donors (Lipinski definition) is 1. The summed E-state index contributed by atoms with van der Waals surface area (Å²) in [5.41, 5.74) is 2.05. The van der Waals surface area contributed by atoms with Gasteiger partial charge in [0.25, 0.3) is 8.32 Å². The van der Waals surface area contributed by atoms with Gasteiger partial charge >= 0.3 is 0 Å². The highest BCUT2D eigenvalue weighted by atomic mass is 28.4. The molecule has 3 aromatic carbocycles. The van der Waals surface area contributed by atoms with Crippen molar-refractivity contribution < 1.29 is 14.3 Å². The third kappa shape index (κ3) is 4.83. The standard InChI is InChI=1S/C27H32O3Si/c1-27(2,3)31(24-10-6-4-7-11-24,25-12-8-5-9-13-25)30-19-21-14-16-22(17-15-21)26(28)18-23-20-29-23/h4-17,23,26,28H,18-20H2,1-3H3/t23-,26+/m1/s1. The average Bonchev–Trinajstić information content (AvgIpc) is 3.59. The van der Waals surface area contributed by atoms with E-state index in [1.165, 1.54) is 10.4 Å². The summed E-state index contributed by atoms with van der Waals surface area (Å²) in [7, 11) is -2.55. The van der Waals surface area contributed by atoms with Crippen molar-refractivity contribution in [2.45, 2.75) is 51.0 Å². The molecule has 0 unspecified atom stereocenters. The number of benzene rings is 3. The minimum Gasteiger partial charge on any atom is -0.403 e. The highest BCUT2D eigenvalue weighted by molar-refractivity contribution is 6.99. The third-order valence-corrected chi connectivity index (χ3v) is 11.1. The Kier molecular flexibility index (Phi) is 6.44. The summed E-state index contributed by atoms with van der Waals surface area (Å²) in [6.07, 6.45) is 0.407. The van der Waals surface area contributed by atoms with Gasteiger partial charge in [-0.05, 0) is 26.5 Å².